The molecule has 1 heterocycles. The summed E-state index contributed by atoms with van der Waals surface area (Å²) in [5.74, 6) is -3.76. The Balaban J connectivity index is 1.53. The summed E-state index contributed by atoms with van der Waals surface area (Å²) in [6.07, 6.45) is -7.39. The molecule has 0 radical (unpaired) electrons. The number of carbonyl (C=O) groups is 4. The number of hydrogen-bond acceptors (Lipinski definition) is 10. The van der Waals surface area contributed by atoms with E-state index in [4.69, 9.17) is 34.8 Å². The monoisotopic (exact) mass is 622 g/mol. The minimum Gasteiger partial charge on any atom is -0.459 e. The molecule has 4 aromatic carbocycles. The van der Waals surface area contributed by atoms with Gasteiger partial charge in [-0.3, -0.25) is 5.41 Å². The van der Waals surface area contributed by atoms with Gasteiger partial charge in [0, 0.05) is 0 Å². The van der Waals surface area contributed by atoms with Crippen molar-refractivity contribution >= 4 is 29.7 Å². The first-order valence-electron chi connectivity index (χ1n) is 14.3. The van der Waals surface area contributed by atoms with Gasteiger partial charge in [-0.05, 0) is 48.5 Å². The van der Waals surface area contributed by atoms with Gasteiger partial charge in [-0.25, -0.2) is 19.2 Å². The highest BCUT2D eigenvalue weighted by molar-refractivity contribution is 5.92. The smallest absolute Gasteiger partial charge is 0.338 e. The molecule has 0 spiro atoms. The molecule has 0 bridgehead atoms. The van der Waals surface area contributed by atoms with Gasteiger partial charge < -0.3 is 29.4 Å². The molecule has 3 N–H and O–H groups in total. The van der Waals surface area contributed by atoms with Crippen LogP contribution in [0.5, 0.6) is 0 Å². The van der Waals surface area contributed by atoms with Crippen LogP contribution in [0.25, 0.3) is 0 Å². The van der Waals surface area contributed by atoms with Gasteiger partial charge in [0.05, 0.1) is 22.3 Å². The Labute approximate surface area is 264 Å². The summed E-state index contributed by atoms with van der Waals surface area (Å²) in [7, 11) is 0. The second-order valence-electron chi connectivity index (χ2n) is 10.2. The molecule has 0 aliphatic carbocycles. The van der Waals surface area contributed by atoms with Crippen LogP contribution < -0.4 is 5.73 Å². The summed E-state index contributed by atoms with van der Waals surface area (Å²) < 4.78 is 29.2. The fourth-order valence-corrected chi connectivity index (χ4v) is 4.82. The summed E-state index contributed by atoms with van der Waals surface area (Å²) in [5, 5.41) is 8.29. The molecule has 0 aromatic heterocycles. The zero-order valence-corrected chi connectivity index (χ0v) is 24.4. The summed E-state index contributed by atoms with van der Waals surface area (Å²) in [6.45, 7) is -0.497. The number of rotatable bonds is 10. The zero-order valence-electron chi connectivity index (χ0n) is 24.4. The lowest BCUT2D eigenvalue weighted by molar-refractivity contribution is -0.213. The number of ether oxygens (including phenoxy) is 5. The SMILES string of the molecule is N=C(N)[C@@H]1O[C@H](COC(=O)c2ccccc2)[C@@H](OC(=O)c2ccccc2)[C@H](OC(=O)c2ccccc2)[C@H]1OC(=O)c1ccccc1. The third-order valence-corrected chi connectivity index (χ3v) is 7.09. The predicted octanol–water partition coefficient (Wildman–Crippen LogP) is 4.22. The molecule has 5 atom stereocenters. The highest BCUT2D eigenvalue weighted by atomic mass is 16.7. The van der Waals surface area contributed by atoms with Crippen molar-refractivity contribution in [2.24, 2.45) is 5.73 Å². The van der Waals surface area contributed by atoms with E-state index >= 15 is 0 Å². The van der Waals surface area contributed by atoms with Crippen LogP contribution in [0, 0.1) is 5.41 Å². The van der Waals surface area contributed by atoms with Crippen molar-refractivity contribution in [3.8, 4) is 0 Å². The van der Waals surface area contributed by atoms with E-state index in [0.29, 0.717) is 0 Å². The highest BCUT2D eigenvalue weighted by Gasteiger charge is 2.54. The molecule has 46 heavy (non-hydrogen) atoms. The van der Waals surface area contributed by atoms with Crippen LogP contribution in [0.1, 0.15) is 41.4 Å². The van der Waals surface area contributed by atoms with Crippen molar-refractivity contribution in [2.75, 3.05) is 6.61 Å². The maximum Gasteiger partial charge on any atom is 0.338 e. The lowest BCUT2D eigenvalue weighted by atomic mass is 9.93. The highest BCUT2D eigenvalue weighted by Crippen LogP contribution is 2.31. The van der Waals surface area contributed by atoms with Gasteiger partial charge in [-0.1, -0.05) is 72.8 Å². The van der Waals surface area contributed by atoms with E-state index in [1.54, 1.807) is 84.9 Å². The van der Waals surface area contributed by atoms with Gasteiger partial charge in [0.15, 0.2) is 24.4 Å². The predicted molar refractivity (Wildman–Crippen MR) is 164 cm³/mol. The number of benzene rings is 4. The average Bonchev–Trinajstić information content (AvgIpc) is 3.10. The number of carbonyl (C=O) groups excluding carboxylic acids is 4. The summed E-state index contributed by atoms with van der Waals surface area (Å²) in [5.41, 5.74) is 6.67. The second-order valence-corrected chi connectivity index (χ2v) is 10.2. The quantitative estimate of drug-likeness (QED) is 0.113. The zero-order chi connectivity index (χ0) is 32.5. The van der Waals surface area contributed by atoms with Gasteiger partial charge in [-0.2, -0.15) is 0 Å². The summed E-state index contributed by atoms with van der Waals surface area (Å²) in [4.78, 5) is 53.0. The molecule has 5 rings (SSSR count). The topological polar surface area (TPSA) is 164 Å². The van der Waals surface area contributed by atoms with Crippen LogP contribution in [-0.4, -0.2) is 66.8 Å². The van der Waals surface area contributed by atoms with Gasteiger partial charge in [-0.15, -0.1) is 0 Å². The molecular weight excluding hydrogens is 592 g/mol. The van der Waals surface area contributed by atoms with Crippen LogP contribution in [-0.2, 0) is 23.7 Å². The van der Waals surface area contributed by atoms with Crippen molar-refractivity contribution < 1.29 is 42.9 Å². The number of amidine groups is 1. The van der Waals surface area contributed by atoms with Crippen LogP contribution >= 0.6 is 0 Å². The fourth-order valence-electron chi connectivity index (χ4n) is 4.82. The number of esters is 4. The van der Waals surface area contributed by atoms with E-state index in [2.05, 4.69) is 0 Å². The Bertz CT molecular complexity index is 1670. The number of nitrogens with two attached hydrogens (primary N) is 1. The third kappa shape index (κ3) is 7.63. The summed E-state index contributed by atoms with van der Waals surface area (Å²) in [6, 6.07) is 32.2. The largest absolute Gasteiger partial charge is 0.459 e. The van der Waals surface area contributed by atoms with Crippen molar-refractivity contribution in [3.63, 3.8) is 0 Å². The lowest BCUT2D eigenvalue weighted by Gasteiger charge is -2.44. The van der Waals surface area contributed by atoms with Crippen molar-refractivity contribution in [2.45, 2.75) is 30.5 Å². The normalized spacial score (nSPS) is 20.5. The molecule has 1 saturated heterocycles. The average molecular weight is 623 g/mol. The van der Waals surface area contributed by atoms with E-state index in [1.165, 1.54) is 36.4 Å². The summed E-state index contributed by atoms with van der Waals surface area (Å²) >= 11 is 0. The molecule has 0 unspecified atom stereocenters. The van der Waals surface area contributed by atoms with Crippen LogP contribution in [0.2, 0.25) is 0 Å². The molecule has 11 heteroatoms. The molecule has 0 saturated carbocycles. The van der Waals surface area contributed by atoms with Gasteiger partial charge in [0.25, 0.3) is 0 Å². The molecule has 1 fully saturated rings. The minimum absolute atomic E-state index is 0.154. The van der Waals surface area contributed by atoms with Gasteiger partial charge in [0.1, 0.15) is 18.5 Å². The van der Waals surface area contributed by atoms with Crippen LogP contribution in [0.4, 0.5) is 0 Å². The van der Waals surface area contributed by atoms with E-state index < -0.39 is 66.8 Å². The molecule has 1 aliphatic heterocycles. The van der Waals surface area contributed by atoms with Crippen LogP contribution in [0.3, 0.4) is 0 Å². The van der Waals surface area contributed by atoms with E-state index in [-0.39, 0.29) is 22.3 Å². The first-order valence-corrected chi connectivity index (χ1v) is 14.3. The van der Waals surface area contributed by atoms with Gasteiger partial charge in [0.2, 0.25) is 0 Å². The van der Waals surface area contributed by atoms with E-state index in [9.17, 15) is 19.2 Å². The van der Waals surface area contributed by atoms with E-state index in [1.807, 2.05) is 0 Å². The Hall–Kier alpha value is -5.81. The maximum absolute atomic E-state index is 13.4. The van der Waals surface area contributed by atoms with Gasteiger partial charge >= 0.3 is 23.9 Å². The Kier molecular flexibility index (Phi) is 10.2. The first-order chi connectivity index (χ1) is 22.3. The molecule has 11 nitrogen and oxygen atoms in total. The fraction of sp³-hybridized carbons (Fsp3) is 0.171. The standard InChI is InChI=1S/C35H30N2O9/c36-31(37)30-29(46-35(41)25-19-11-4-12-20-25)28(45-34(40)24-17-9-3-10-18-24)27(44-33(39)23-15-7-2-8-16-23)26(43-30)21-42-32(38)22-13-5-1-6-14-22/h1-20,26-30H,21H2,(H3,36,37)/t26-,27-,28+,29-,30-/m1/s1. The number of hydrogen-bond donors (Lipinski definition) is 2. The van der Waals surface area contributed by atoms with E-state index in [0.717, 1.165) is 0 Å². The molecule has 234 valence electrons. The van der Waals surface area contributed by atoms with Crippen molar-refractivity contribution in [1.29, 1.82) is 5.41 Å². The Morgan fingerprint density at radius 2 is 0.891 bits per heavy atom. The van der Waals surface area contributed by atoms with Crippen LogP contribution in [0.15, 0.2) is 121 Å². The molecule has 1 aliphatic rings. The maximum atomic E-state index is 13.4. The Morgan fingerprint density at radius 3 is 1.28 bits per heavy atom. The molecule has 4 aromatic rings. The second kappa shape index (κ2) is 14.8. The lowest BCUT2D eigenvalue weighted by Crippen LogP contribution is -2.65. The number of nitrogens with one attached hydrogen (secondary N) is 1. The minimum atomic E-state index is -1.56. The van der Waals surface area contributed by atoms with Crippen molar-refractivity contribution in [1.82, 2.24) is 0 Å². The first kappa shape index (κ1) is 31.6. The Morgan fingerprint density at radius 1 is 0.543 bits per heavy atom. The molecular formula is C35H30N2O9. The van der Waals surface area contributed by atoms with Crippen molar-refractivity contribution in [3.05, 3.63) is 144 Å². The third-order valence-electron chi connectivity index (χ3n) is 7.09. The molecule has 0 amide bonds.